The van der Waals surface area contributed by atoms with Gasteiger partial charge in [0, 0.05) is 33.2 Å². The molecule has 2 saturated heterocycles. The van der Waals surface area contributed by atoms with Crippen molar-refractivity contribution < 1.29 is 18.3 Å². The number of rotatable bonds is 6. The molecule has 10 nitrogen and oxygen atoms in total. The van der Waals surface area contributed by atoms with E-state index < -0.39 is 12.2 Å². The summed E-state index contributed by atoms with van der Waals surface area (Å²) in [4.78, 5) is 35.4. The van der Waals surface area contributed by atoms with Crippen molar-refractivity contribution in [2.24, 2.45) is 0 Å². The van der Waals surface area contributed by atoms with Crippen LogP contribution in [0.15, 0.2) is 18.2 Å². The van der Waals surface area contributed by atoms with Crippen LogP contribution in [-0.2, 0) is 9.53 Å². The largest absolute Gasteiger partial charge is 0.378 e. The third kappa shape index (κ3) is 4.36. The first-order chi connectivity index (χ1) is 16.9. The SMILES string of the molecule is Cc1cccc2c1nc(C(F)F)n2-c1nc(N2CCOCC2)nc(N(C)C2CN(C(=O)CCl)C2)n1. The van der Waals surface area contributed by atoms with E-state index in [0.29, 0.717) is 62.3 Å². The monoisotopic (exact) mass is 506 g/mol. The number of hydrogen-bond acceptors (Lipinski definition) is 8. The zero-order valence-corrected chi connectivity index (χ0v) is 20.1. The first-order valence-electron chi connectivity index (χ1n) is 11.3. The summed E-state index contributed by atoms with van der Waals surface area (Å²) in [5.74, 6) is 0.140. The van der Waals surface area contributed by atoms with E-state index in [0.717, 1.165) is 5.56 Å². The van der Waals surface area contributed by atoms with Crippen LogP contribution in [0.25, 0.3) is 17.0 Å². The predicted molar refractivity (Wildman–Crippen MR) is 127 cm³/mol. The Morgan fingerprint density at radius 3 is 2.57 bits per heavy atom. The van der Waals surface area contributed by atoms with E-state index in [1.54, 1.807) is 17.0 Å². The summed E-state index contributed by atoms with van der Waals surface area (Å²) in [5, 5.41) is 0. The fourth-order valence-corrected chi connectivity index (χ4v) is 4.44. The first-order valence-corrected chi connectivity index (χ1v) is 11.8. The van der Waals surface area contributed by atoms with Gasteiger partial charge >= 0.3 is 0 Å². The fraction of sp³-hybridized carbons (Fsp3) is 0.500. The number of anilines is 2. The molecule has 186 valence electrons. The summed E-state index contributed by atoms with van der Waals surface area (Å²) in [6.07, 6.45) is -2.83. The van der Waals surface area contributed by atoms with Gasteiger partial charge in [-0.3, -0.25) is 9.36 Å². The molecule has 0 atom stereocenters. The molecular formula is C22H25ClF2N8O2. The van der Waals surface area contributed by atoms with Crippen molar-refractivity contribution in [3.8, 4) is 5.95 Å². The van der Waals surface area contributed by atoms with Crippen LogP contribution in [0, 0.1) is 6.92 Å². The van der Waals surface area contributed by atoms with Crippen LogP contribution in [0.1, 0.15) is 17.8 Å². The number of amides is 1. The number of aryl methyl sites for hydroxylation is 1. The lowest BCUT2D eigenvalue weighted by atomic mass is 10.1. The third-order valence-electron chi connectivity index (χ3n) is 6.39. The quantitative estimate of drug-likeness (QED) is 0.470. The molecule has 0 bridgehead atoms. The van der Waals surface area contributed by atoms with E-state index in [1.165, 1.54) is 4.57 Å². The van der Waals surface area contributed by atoms with Gasteiger partial charge < -0.3 is 19.4 Å². The molecule has 0 radical (unpaired) electrons. The number of fused-ring (bicyclic) bond motifs is 1. The van der Waals surface area contributed by atoms with Crippen LogP contribution in [0.4, 0.5) is 20.7 Å². The molecule has 2 fully saturated rings. The Morgan fingerprint density at radius 2 is 1.89 bits per heavy atom. The number of benzene rings is 1. The van der Waals surface area contributed by atoms with Crippen molar-refractivity contribution in [3.05, 3.63) is 29.6 Å². The number of alkyl halides is 3. The summed E-state index contributed by atoms with van der Waals surface area (Å²) in [6.45, 7) is 4.95. The number of aromatic nitrogens is 5. The normalized spacial score (nSPS) is 16.7. The van der Waals surface area contributed by atoms with Crippen LogP contribution in [0.2, 0.25) is 0 Å². The molecule has 2 aliphatic heterocycles. The Kier molecular flexibility index (Phi) is 6.41. The number of carbonyl (C=O) groups excluding carboxylic acids is 1. The van der Waals surface area contributed by atoms with E-state index in [1.807, 2.05) is 29.8 Å². The zero-order chi connectivity index (χ0) is 24.7. The van der Waals surface area contributed by atoms with Gasteiger partial charge in [0.05, 0.1) is 30.3 Å². The van der Waals surface area contributed by atoms with Crippen molar-refractivity contribution >= 4 is 40.4 Å². The van der Waals surface area contributed by atoms with Gasteiger partial charge in [-0.2, -0.15) is 15.0 Å². The van der Waals surface area contributed by atoms with Crippen LogP contribution >= 0.6 is 11.6 Å². The molecule has 35 heavy (non-hydrogen) atoms. The summed E-state index contributed by atoms with van der Waals surface area (Å²) >= 11 is 5.66. The van der Waals surface area contributed by atoms with Gasteiger partial charge in [-0.15, -0.1) is 11.6 Å². The lowest BCUT2D eigenvalue weighted by molar-refractivity contribution is -0.132. The number of ether oxygens (including phenoxy) is 1. The number of likely N-dealkylation sites (tertiary alicyclic amines) is 1. The van der Waals surface area contributed by atoms with Gasteiger partial charge in [-0.1, -0.05) is 12.1 Å². The molecule has 0 N–H and O–H groups in total. The molecule has 4 heterocycles. The molecule has 3 aromatic rings. The van der Waals surface area contributed by atoms with Crippen LogP contribution in [0.5, 0.6) is 0 Å². The Labute approximate surface area is 205 Å². The highest BCUT2D eigenvalue weighted by atomic mass is 35.5. The Balaban J connectivity index is 1.60. The lowest BCUT2D eigenvalue weighted by Gasteiger charge is -2.43. The molecule has 0 unspecified atom stereocenters. The lowest BCUT2D eigenvalue weighted by Crippen LogP contribution is -2.61. The maximum Gasteiger partial charge on any atom is 0.296 e. The molecule has 0 aliphatic carbocycles. The summed E-state index contributed by atoms with van der Waals surface area (Å²) in [6, 6.07) is 5.31. The number of para-hydroxylation sites is 1. The van der Waals surface area contributed by atoms with E-state index >= 15 is 0 Å². The minimum absolute atomic E-state index is 0.0358. The van der Waals surface area contributed by atoms with Crippen LogP contribution < -0.4 is 9.80 Å². The number of imidazole rings is 1. The van der Waals surface area contributed by atoms with Crippen molar-refractivity contribution in [3.63, 3.8) is 0 Å². The average Bonchev–Trinajstić information content (AvgIpc) is 3.24. The molecule has 2 aliphatic rings. The molecule has 2 aromatic heterocycles. The highest BCUT2D eigenvalue weighted by molar-refractivity contribution is 6.27. The Hall–Kier alpha value is -3.12. The Bertz CT molecular complexity index is 1240. The van der Waals surface area contributed by atoms with Crippen LogP contribution in [-0.4, -0.2) is 93.7 Å². The summed E-state index contributed by atoms with van der Waals surface area (Å²) in [7, 11) is 1.82. The van der Waals surface area contributed by atoms with Crippen molar-refractivity contribution in [2.75, 3.05) is 62.1 Å². The smallest absolute Gasteiger partial charge is 0.296 e. The maximum atomic E-state index is 14.1. The van der Waals surface area contributed by atoms with E-state index in [2.05, 4.69) is 19.9 Å². The van der Waals surface area contributed by atoms with Gasteiger partial charge in [0.1, 0.15) is 5.88 Å². The molecule has 0 spiro atoms. The standard InChI is InChI=1S/C22H25ClF2N8O2/c1-13-4-3-5-15-17(13)26-19(18(24)25)33(15)22-28-20(27-21(29-22)31-6-8-35-9-7-31)30(2)14-11-32(12-14)16(34)10-23/h3-5,14,18H,6-12H2,1-2H3. The minimum Gasteiger partial charge on any atom is -0.378 e. The first kappa shape index (κ1) is 23.6. The number of morpholine rings is 1. The van der Waals surface area contributed by atoms with Gasteiger partial charge in [0.15, 0.2) is 5.82 Å². The molecular weight excluding hydrogens is 482 g/mol. The third-order valence-corrected chi connectivity index (χ3v) is 6.62. The highest BCUT2D eigenvalue weighted by Crippen LogP contribution is 2.30. The number of hydrogen-bond donors (Lipinski definition) is 0. The maximum absolute atomic E-state index is 14.1. The second kappa shape index (κ2) is 9.50. The number of likely N-dealkylation sites (N-methyl/N-ethyl adjacent to an activating group) is 1. The predicted octanol–water partition coefficient (Wildman–Crippen LogP) is 2.18. The van der Waals surface area contributed by atoms with E-state index in [4.69, 9.17) is 16.3 Å². The van der Waals surface area contributed by atoms with Gasteiger partial charge in [0.25, 0.3) is 6.43 Å². The van der Waals surface area contributed by atoms with E-state index in [-0.39, 0.29) is 23.8 Å². The number of nitrogens with zero attached hydrogens (tertiary/aromatic N) is 8. The molecule has 1 aromatic carbocycles. The molecule has 13 heteroatoms. The highest BCUT2D eigenvalue weighted by Gasteiger charge is 2.35. The number of halogens is 3. The average molecular weight is 507 g/mol. The molecule has 5 rings (SSSR count). The van der Waals surface area contributed by atoms with Gasteiger partial charge in [-0.25, -0.2) is 13.8 Å². The Morgan fingerprint density at radius 1 is 1.17 bits per heavy atom. The molecule has 1 amide bonds. The van der Waals surface area contributed by atoms with Gasteiger partial charge in [-0.05, 0) is 18.6 Å². The minimum atomic E-state index is -2.83. The fourth-order valence-electron chi connectivity index (χ4n) is 4.27. The number of carbonyl (C=O) groups is 1. The van der Waals surface area contributed by atoms with Gasteiger partial charge in [0.2, 0.25) is 23.8 Å². The summed E-state index contributed by atoms with van der Waals surface area (Å²) < 4.78 is 35.0. The van der Waals surface area contributed by atoms with Crippen molar-refractivity contribution in [2.45, 2.75) is 19.4 Å². The topological polar surface area (TPSA) is 92.5 Å². The van der Waals surface area contributed by atoms with Crippen molar-refractivity contribution in [1.29, 1.82) is 0 Å². The second-order valence-electron chi connectivity index (χ2n) is 8.58. The summed E-state index contributed by atoms with van der Waals surface area (Å²) in [5.41, 5.74) is 1.75. The van der Waals surface area contributed by atoms with E-state index in [9.17, 15) is 13.6 Å². The molecule has 0 saturated carbocycles. The zero-order valence-electron chi connectivity index (χ0n) is 19.4. The van der Waals surface area contributed by atoms with Crippen molar-refractivity contribution in [1.82, 2.24) is 29.4 Å². The van der Waals surface area contributed by atoms with Crippen LogP contribution in [0.3, 0.4) is 0 Å². The second-order valence-corrected chi connectivity index (χ2v) is 8.85.